The Labute approximate surface area is 246 Å². The molecular formula is C37H59NO2. The fourth-order valence-corrected chi connectivity index (χ4v) is 7.21. The maximum absolute atomic E-state index is 12.9. The molecule has 3 heteroatoms. The van der Waals surface area contributed by atoms with Gasteiger partial charge in [-0.1, -0.05) is 116 Å². The van der Waals surface area contributed by atoms with Crippen molar-refractivity contribution in [2.45, 2.75) is 174 Å². The average Bonchev–Trinajstić information content (AvgIpc) is 3.00. The second kappa shape index (κ2) is 18.6. The molecule has 0 heterocycles. The average molecular weight is 550 g/mol. The number of benzene rings is 1. The third-order valence-electron chi connectivity index (χ3n) is 10.1. The molecule has 3 rings (SSSR count). The number of carbonyl (C=O) groups excluding carboxylic acids is 1. The van der Waals surface area contributed by atoms with Crippen LogP contribution in [0.15, 0.2) is 24.3 Å². The lowest BCUT2D eigenvalue weighted by Crippen LogP contribution is -2.31. The van der Waals surface area contributed by atoms with Crippen molar-refractivity contribution >= 4 is 5.97 Å². The van der Waals surface area contributed by atoms with Gasteiger partial charge in [-0.3, -0.25) is 0 Å². The number of hydrogen-bond donors (Lipinski definition) is 0. The molecule has 2 aliphatic carbocycles. The largest absolute Gasteiger partial charge is 0.459 e. The molecule has 0 atom stereocenters. The van der Waals surface area contributed by atoms with Gasteiger partial charge in [0, 0.05) is 0 Å². The highest BCUT2D eigenvalue weighted by Gasteiger charge is 2.36. The molecule has 224 valence electrons. The zero-order valence-electron chi connectivity index (χ0n) is 26.1. The van der Waals surface area contributed by atoms with Crippen molar-refractivity contribution in [2.24, 2.45) is 11.3 Å². The van der Waals surface area contributed by atoms with E-state index in [1.165, 1.54) is 115 Å². The number of rotatable bonds is 18. The first-order valence-corrected chi connectivity index (χ1v) is 17.3. The lowest BCUT2D eigenvalue weighted by molar-refractivity contribution is 0.0105. The maximum atomic E-state index is 12.9. The molecule has 0 aliphatic heterocycles. The first kappa shape index (κ1) is 32.7. The van der Waals surface area contributed by atoms with Crippen molar-refractivity contribution in [2.75, 3.05) is 0 Å². The van der Waals surface area contributed by atoms with Crippen LogP contribution in [0.25, 0.3) is 0 Å². The van der Waals surface area contributed by atoms with E-state index in [9.17, 15) is 10.1 Å². The second-order valence-electron chi connectivity index (χ2n) is 13.3. The Balaban J connectivity index is 1.32. The van der Waals surface area contributed by atoms with Gasteiger partial charge >= 0.3 is 5.97 Å². The van der Waals surface area contributed by atoms with Crippen molar-refractivity contribution in [3.8, 4) is 6.07 Å². The van der Waals surface area contributed by atoms with Crippen molar-refractivity contribution in [1.82, 2.24) is 0 Å². The Kier molecular flexibility index (Phi) is 15.2. The zero-order chi connectivity index (χ0) is 28.5. The van der Waals surface area contributed by atoms with E-state index in [4.69, 9.17) is 4.74 Å². The SMILES string of the molecule is CCCCCCCCCCC1CCC(c2ccc(C(=O)OC3CCC(C#N)(CCCCCCC)CC3)cc2)CC1. The van der Waals surface area contributed by atoms with E-state index in [-0.39, 0.29) is 17.5 Å². The van der Waals surface area contributed by atoms with Crippen LogP contribution in [-0.2, 0) is 4.74 Å². The van der Waals surface area contributed by atoms with Crippen molar-refractivity contribution in [1.29, 1.82) is 5.26 Å². The second-order valence-corrected chi connectivity index (χ2v) is 13.3. The van der Waals surface area contributed by atoms with Gasteiger partial charge in [0.25, 0.3) is 0 Å². The van der Waals surface area contributed by atoms with Gasteiger partial charge in [-0.05, 0) is 87.3 Å². The third kappa shape index (κ3) is 11.2. The van der Waals surface area contributed by atoms with Crippen LogP contribution >= 0.6 is 0 Å². The zero-order valence-corrected chi connectivity index (χ0v) is 26.1. The van der Waals surface area contributed by atoms with Crippen LogP contribution in [0, 0.1) is 22.7 Å². The number of nitriles is 1. The molecule has 2 saturated carbocycles. The Morgan fingerprint density at radius 1 is 0.775 bits per heavy atom. The van der Waals surface area contributed by atoms with E-state index in [1.54, 1.807) is 0 Å². The van der Waals surface area contributed by atoms with E-state index < -0.39 is 0 Å². The predicted molar refractivity (Wildman–Crippen MR) is 167 cm³/mol. The first-order chi connectivity index (χ1) is 19.6. The van der Waals surface area contributed by atoms with Gasteiger partial charge in [0.15, 0.2) is 0 Å². The topological polar surface area (TPSA) is 50.1 Å². The molecule has 0 radical (unpaired) electrons. The molecule has 0 saturated heterocycles. The number of ether oxygens (including phenoxy) is 1. The summed E-state index contributed by atoms with van der Waals surface area (Å²) in [6.45, 7) is 4.52. The quantitative estimate of drug-likeness (QED) is 0.135. The van der Waals surface area contributed by atoms with E-state index >= 15 is 0 Å². The van der Waals surface area contributed by atoms with E-state index in [0.29, 0.717) is 11.5 Å². The monoisotopic (exact) mass is 549 g/mol. The minimum atomic E-state index is -0.205. The van der Waals surface area contributed by atoms with Gasteiger partial charge in [-0.25, -0.2) is 4.79 Å². The summed E-state index contributed by atoms with van der Waals surface area (Å²) in [5.74, 6) is 1.36. The third-order valence-corrected chi connectivity index (χ3v) is 10.1. The summed E-state index contributed by atoms with van der Waals surface area (Å²) in [6, 6.07) is 10.9. The molecule has 0 amide bonds. The summed E-state index contributed by atoms with van der Waals surface area (Å²) >= 11 is 0. The molecule has 3 nitrogen and oxygen atoms in total. The molecular weight excluding hydrogens is 490 g/mol. The molecule has 0 spiro atoms. The van der Waals surface area contributed by atoms with E-state index in [1.807, 2.05) is 12.1 Å². The lowest BCUT2D eigenvalue weighted by Gasteiger charge is -2.34. The Bertz CT molecular complexity index is 853. The molecule has 40 heavy (non-hydrogen) atoms. The number of unbranched alkanes of at least 4 members (excludes halogenated alkanes) is 11. The summed E-state index contributed by atoms with van der Waals surface area (Å²) in [5.41, 5.74) is 1.85. The Hall–Kier alpha value is -1.82. The van der Waals surface area contributed by atoms with Crippen molar-refractivity contribution in [3.05, 3.63) is 35.4 Å². The predicted octanol–water partition coefficient (Wildman–Crippen LogP) is 11.5. The number of nitrogens with zero attached hydrogens (tertiary/aromatic N) is 1. The van der Waals surface area contributed by atoms with E-state index in [0.717, 1.165) is 44.4 Å². The van der Waals surface area contributed by atoms with Crippen molar-refractivity contribution in [3.63, 3.8) is 0 Å². The van der Waals surface area contributed by atoms with Crippen LogP contribution < -0.4 is 0 Å². The fraction of sp³-hybridized carbons (Fsp3) is 0.784. The van der Waals surface area contributed by atoms with Crippen LogP contribution in [-0.4, -0.2) is 12.1 Å². The van der Waals surface area contributed by atoms with Crippen LogP contribution in [0.4, 0.5) is 0 Å². The fourth-order valence-electron chi connectivity index (χ4n) is 7.21. The highest BCUT2D eigenvalue weighted by atomic mass is 16.5. The Morgan fingerprint density at radius 2 is 1.32 bits per heavy atom. The van der Waals surface area contributed by atoms with Gasteiger partial charge in [-0.15, -0.1) is 0 Å². The molecule has 0 bridgehead atoms. The lowest BCUT2D eigenvalue weighted by atomic mass is 9.71. The summed E-state index contributed by atoms with van der Waals surface area (Å²) in [4.78, 5) is 12.9. The normalized spacial score (nSPS) is 24.9. The van der Waals surface area contributed by atoms with Crippen LogP contribution in [0.1, 0.15) is 183 Å². The van der Waals surface area contributed by atoms with Crippen LogP contribution in [0.3, 0.4) is 0 Å². The summed E-state index contributed by atoms with van der Waals surface area (Å²) in [7, 11) is 0. The summed E-state index contributed by atoms with van der Waals surface area (Å²) < 4.78 is 5.90. The smallest absolute Gasteiger partial charge is 0.338 e. The number of carbonyl (C=O) groups is 1. The van der Waals surface area contributed by atoms with Crippen LogP contribution in [0.2, 0.25) is 0 Å². The first-order valence-electron chi connectivity index (χ1n) is 17.3. The maximum Gasteiger partial charge on any atom is 0.338 e. The molecule has 0 N–H and O–H groups in total. The highest BCUT2D eigenvalue weighted by Crippen LogP contribution is 2.41. The van der Waals surface area contributed by atoms with Gasteiger partial charge in [0.1, 0.15) is 6.10 Å². The van der Waals surface area contributed by atoms with Gasteiger partial charge in [-0.2, -0.15) is 5.26 Å². The summed E-state index contributed by atoms with van der Waals surface area (Å²) in [6.07, 6.45) is 28.5. The van der Waals surface area contributed by atoms with E-state index in [2.05, 4.69) is 32.0 Å². The van der Waals surface area contributed by atoms with Crippen molar-refractivity contribution < 1.29 is 9.53 Å². The minimum absolute atomic E-state index is 0.0509. The molecule has 1 aromatic rings. The van der Waals surface area contributed by atoms with Gasteiger partial charge < -0.3 is 4.74 Å². The minimum Gasteiger partial charge on any atom is -0.459 e. The van der Waals surface area contributed by atoms with Gasteiger partial charge in [0.05, 0.1) is 17.0 Å². The number of esters is 1. The molecule has 2 aliphatic rings. The molecule has 1 aromatic carbocycles. The molecule has 2 fully saturated rings. The van der Waals surface area contributed by atoms with Gasteiger partial charge in [0.2, 0.25) is 0 Å². The van der Waals surface area contributed by atoms with Crippen LogP contribution in [0.5, 0.6) is 0 Å². The highest BCUT2D eigenvalue weighted by molar-refractivity contribution is 5.89. The Morgan fingerprint density at radius 3 is 1.90 bits per heavy atom. The standard InChI is InChI=1S/C37H59NO2/c1-3-5-7-9-10-11-12-14-16-31-17-19-32(20-18-31)33-21-23-34(24-22-33)36(39)40-35-25-28-37(30-38,29-26-35)27-15-13-8-6-4-2/h21-24,31-32,35H,3-20,25-29H2,1-2H3. The molecule has 0 aromatic heterocycles. The summed E-state index contributed by atoms with van der Waals surface area (Å²) in [5, 5.41) is 9.87. The molecule has 0 unspecified atom stereocenters. The number of hydrogen-bond acceptors (Lipinski definition) is 3.